The van der Waals surface area contributed by atoms with Crippen molar-refractivity contribution in [3.63, 3.8) is 0 Å². The van der Waals surface area contributed by atoms with Gasteiger partial charge in [0.05, 0.1) is 20.6 Å². The van der Waals surface area contributed by atoms with Crippen molar-refractivity contribution < 1.29 is 14.3 Å². The fourth-order valence-corrected chi connectivity index (χ4v) is 2.85. The van der Waals surface area contributed by atoms with Crippen LogP contribution in [0.4, 0.5) is 5.69 Å². The summed E-state index contributed by atoms with van der Waals surface area (Å²) in [6.45, 7) is 7.18. The Morgan fingerprint density at radius 1 is 1.04 bits per heavy atom. The first-order valence-corrected chi connectivity index (χ1v) is 8.91. The molecule has 0 aliphatic heterocycles. The van der Waals surface area contributed by atoms with E-state index in [1.165, 1.54) is 5.56 Å². The van der Waals surface area contributed by atoms with Gasteiger partial charge in [-0.1, -0.05) is 26.0 Å². The molecule has 26 heavy (non-hydrogen) atoms. The lowest BCUT2D eigenvalue weighted by molar-refractivity contribution is -0.115. The van der Waals surface area contributed by atoms with E-state index in [9.17, 15) is 4.79 Å². The number of nitrogens with zero attached hydrogens (tertiary/aromatic N) is 1. The van der Waals surface area contributed by atoms with Gasteiger partial charge in [-0.15, -0.1) is 0 Å². The minimum Gasteiger partial charge on any atom is -0.497 e. The highest BCUT2D eigenvalue weighted by atomic mass is 16.5. The lowest BCUT2D eigenvalue weighted by Gasteiger charge is -2.18. The summed E-state index contributed by atoms with van der Waals surface area (Å²) in [7, 11) is 3.20. The highest BCUT2D eigenvalue weighted by Crippen LogP contribution is 2.24. The van der Waals surface area contributed by atoms with Crippen molar-refractivity contribution in [1.82, 2.24) is 4.90 Å². The third kappa shape index (κ3) is 5.49. The number of carbonyl (C=O) groups excluding carboxylic acids is 1. The molecule has 0 bridgehead atoms. The fourth-order valence-electron chi connectivity index (χ4n) is 2.85. The summed E-state index contributed by atoms with van der Waals surface area (Å²) in [6.07, 6.45) is 0.223. The van der Waals surface area contributed by atoms with Crippen molar-refractivity contribution in [3.8, 4) is 11.5 Å². The van der Waals surface area contributed by atoms with Gasteiger partial charge in [-0.2, -0.15) is 0 Å². The molecule has 1 N–H and O–H groups in total. The molecule has 2 rings (SSSR count). The van der Waals surface area contributed by atoms with Crippen molar-refractivity contribution in [2.24, 2.45) is 0 Å². The molecular formula is C21H28N2O3. The third-order valence-corrected chi connectivity index (χ3v) is 4.35. The molecule has 0 aliphatic rings. The van der Waals surface area contributed by atoms with Gasteiger partial charge in [0.2, 0.25) is 5.91 Å². The number of nitrogens with one attached hydrogen (secondary N) is 1. The minimum absolute atomic E-state index is 0.0865. The number of hydrogen-bond donors (Lipinski definition) is 1. The number of hydrogen-bond acceptors (Lipinski definition) is 4. The number of methoxy groups -OCH3 is 2. The van der Waals surface area contributed by atoms with Crippen molar-refractivity contribution in [2.45, 2.75) is 26.8 Å². The fraction of sp³-hybridized carbons (Fsp3) is 0.381. The van der Waals surface area contributed by atoms with E-state index in [0.717, 1.165) is 30.9 Å². The lowest BCUT2D eigenvalue weighted by atomic mass is 10.1. The van der Waals surface area contributed by atoms with Crippen LogP contribution in [-0.2, 0) is 17.8 Å². The minimum atomic E-state index is -0.0865. The van der Waals surface area contributed by atoms with Gasteiger partial charge in [0, 0.05) is 17.8 Å². The standard InChI is InChI=1S/C21H28N2O3/c1-5-23(6-2)15-16-8-7-9-18(12-16)22-21(24)14-17-13-19(25-3)10-11-20(17)26-4/h7-13H,5-6,14-15H2,1-4H3,(H,22,24). The molecule has 0 aliphatic carbocycles. The Bertz CT molecular complexity index is 727. The molecule has 0 fully saturated rings. The number of carbonyl (C=O) groups is 1. The number of benzene rings is 2. The highest BCUT2D eigenvalue weighted by Gasteiger charge is 2.11. The molecule has 0 saturated carbocycles. The van der Waals surface area contributed by atoms with Gasteiger partial charge < -0.3 is 14.8 Å². The maximum Gasteiger partial charge on any atom is 0.228 e. The van der Waals surface area contributed by atoms with Crippen LogP contribution >= 0.6 is 0 Å². The summed E-state index contributed by atoms with van der Waals surface area (Å²) in [5, 5.41) is 2.98. The van der Waals surface area contributed by atoms with E-state index in [2.05, 4.69) is 30.1 Å². The van der Waals surface area contributed by atoms with E-state index in [0.29, 0.717) is 11.5 Å². The molecule has 5 nitrogen and oxygen atoms in total. The Morgan fingerprint density at radius 3 is 2.46 bits per heavy atom. The average Bonchev–Trinajstić information content (AvgIpc) is 2.66. The van der Waals surface area contributed by atoms with Crippen LogP contribution in [0.25, 0.3) is 0 Å². The van der Waals surface area contributed by atoms with Crippen molar-refractivity contribution in [1.29, 1.82) is 0 Å². The molecule has 0 heterocycles. The largest absolute Gasteiger partial charge is 0.497 e. The van der Waals surface area contributed by atoms with Crippen LogP contribution in [-0.4, -0.2) is 38.1 Å². The Morgan fingerprint density at radius 2 is 1.81 bits per heavy atom. The summed E-state index contributed by atoms with van der Waals surface area (Å²) < 4.78 is 10.6. The molecule has 0 atom stereocenters. The van der Waals surface area contributed by atoms with Crippen LogP contribution in [0.5, 0.6) is 11.5 Å². The quantitative estimate of drug-likeness (QED) is 0.744. The van der Waals surface area contributed by atoms with Gasteiger partial charge in [0.15, 0.2) is 0 Å². The van der Waals surface area contributed by atoms with Crippen LogP contribution in [0.2, 0.25) is 0 Å². The Kier molecular flexibility index (Phi) is 7.48. The van der Waals surface area contributed by atoms with Gasteiger partial charge >= 0.3 is 0 Å². The smallest absolute Gasteiger partial charge is 0.228 e. The topological polar surface area (TPSA) is 50.8 Å². The Labute approximate surface area is 155 Å². The molecule has 2 aromatic carbocycles. The summed E-state index contributed by atoms with van der Waals surface area (Å²) in [6, 6.07) is 13.4. The predicted octanol–water partition coefficient (Wildman–Crippen LogP) is 3.73. The Hall–Kier alpha value is -2.53. The zero-order chi connectivity index (χ0) is 18.9. The van der Waals surface area contributed by atoms with Crippen LogP contribution in [0, 0.1) is 0 Å². The maximum absolute atomic E-state index is 12.5. The van der Waals surface area contributed by atoms with E-state index in [-0.39, 0.29) is 12.3 Å². The molecule has 0 spiro atoms. The van der Waals surface area contributed by atoms with Crippen LogP contribution < -0.4 is 14.8 Å². The van der Waals surface area contributed by atoms with Crippen molar-refractivity contribution >= 4 is 11.6 Å². The molecule has 5 heteroatoms. The molecule has 1 amide bonds. The predicted molar refractivity (Wildman–Crippen MR) is 105 cm³/mol. The SMILES string of the molecule is CCN(CC)Cc1cccc(NC(=O)Cc2cc(OC)ccc2OC)c1. The number of rotatable bonds is 9. The second kappa shape index (κ2) is 9.82. The van der Waals surface area contributed by atoms with Crippen LogP contribution in [0.15, 0.2) is 42.5 Å². The molecule has 0 aromatic heterocycles. The van der Waals surface area contributed by atoms with Crippen molar-refractivity contribution in [3.05, 3.63) is 53.6 Å². The second-order valence-corrected chi connectivity index (χ2v) is 6.06. The van der Waals surface area contributed by atoms with Gasteiger partial charge in [0.25, 0.3) is 0 Å². The lowest BCUT2D eigenvalue weighted by Crippen LogP contribution is -2.22. The molecule has 0 unspecified atom stereocenters. The zero-order valence-electron chi connectivity index (χ0n) is 16.0. The van der Waals surface area contributed by atoms with Crippen molar-refractivity contribution in [2.75, 3.05) is 32.6 Å². The molecule has 2 aromatic rings. The maximum atomic E-state index is 12.5. The highest BCUT2D eigenvalue weighted by molar-refractivity contribution is 5.92. The molecule has 0 saturated heterocycles. The summed E-state index contributed by atoms with van der Waals surface area (Å²) >= 11 is 0. The van der Waals surface area contributed by atoms with Gasteiger partial charge in [-0.25, -0.2) is 0 Å². The summed E-state index contributed by atoms with van der Waals surface area (Å²) in [5.74, 6) is 1.29. The molecule has 140 valence electrons. The first-order valence-electron chi connectivity index (χ1n) is 8.91. The number of anilines is 1. The monoisotopic (exact) mass is 356 g/mol. The van der Waals surface area contributed by atoms with E-state index >= 15 is 0 Å². The molecule has 0 radical (unpaired) electrons. The van der Waals surface area contributed by atoms with Gasteiger partial charge in [-0.3, -0.25) is 9.69 Å². The first kappa shape index (κ1) is 19.8. The number of ether oxygens (including phenoxy) is 2. The number of amides is 1. The van der Waals surface area contributed by atoms with Gasteiger partial charge in [-0.05, 0) is 49.0 Å². The zero-order valence-corrected chi connectivity index (χ0v) is 16.0. The summed E-state index contributed by atoms with van der Waals surface area (Å²) in [5.41, 5.74) is 2.79. The van der Waals surface area contributed by atoms with Crippen LogP contribution in [0.1, 0.15) is 25.0 Å². The van der Waals surface area contributed by atoms with E-state index < -0.39 is 0 Å². The molecular weight excluding hydrogens is 328 g/mol. The normalized spacial score (nSPS) is 10.7. The third-order valence-electron chi connectivity index (χ3n) is 4.35. The summed E-state index contributed by atoms with van der Waals surface area (Å²) in [4.78, 5) is 14.8. The van der Waals surface area contributed by atoms with Gasteiger partial charge in [0.1, 0.15) is 11.5 Å². The van der Waals surface area contributed by atoms with E-state index in [1.54, 1.807) is 14.2 Å². The first-order chi connectivity index (χ1) is 12.6. The average molecular weight is 356 g/mol. The Balaban J connectivity index is 2.06. The van der Waals surface area contributed by atoms with Crippen LogP contribution in [0.3, 0.4) is 0 Å². The second-order valence-electron chi connectivity index (χ2n) is 6.06. The van der Waals surface area contributed by atoms with E-state index in [1.807, 2.05) is 36.4 Å². The van der Waals surface area contributed by atoms with E-state index in [4.69, 9.17) is 9.47 Å².